The number of rotatable bonds is 5. The zero-order valence-electron chi connectivity index (χ0n) is 9.89. The summed E-state index contributed by atoms with van der Waals surface area (Å²) in [5, 5.41) is 12.2. The molecule has 2 saturated carbocycles. The highest BCUT2D eigenvalue weighted by Gasteiger charge is 2.40. The van der Waals surface area contributed by atoms with Gasteiger partial charge >= 0.3 is 0 Å². The normalized spacial score (nSPS) is 19.1. The number of pyridine rings is 1. The molecule has 2 aliphatic carbocycles. The van der Waals surface area contributed by atoms with Crippen LogP contribution in [0.2, 0.25) is 0 Å². The third-order valence-corrected chi connectivity index (χ3v) is 3.84. The molecule has 1 N–H and O–H groups in total. The fourth-order valence-corrected chi connectivity index (χ4v) is 2.58. The highest BCUT2D eigenvalue weighted by Crippen LogP contribution is 2.49. The Bertz CT molecular complexity index is 429. The van der Waals surface area contributed by atoms with Crippen molar-refractivity contribution >= 4 is 5.82 Å². The van der Waals surface area contributed by atoms with Crippen LogP contribution in [0.4, 0.5) is 5.82 Å². The van der Waals surface area contributed by atoms with Crippen LogP contribution in [0.1, 0.15) is 31.4 Å². The highest BCUT2D eigenvalue weighted by atomic mass is 15.0. The minimum Gasteiger partial charge on any atom is -0.370 e. The molecule has 0 atom stereocenters. The molecule has 1 aromatic rings. The molecule has 1 aromatic heterocycles. The molecule has 2 fully saturated rings. The van der Waals surface area contributed by atoms with E-state index in [9.17, 15) is 0 Å². The van der Waals surface area contributed by atoms with Gasteiger partial charge in [-0.2, -0.15) is 5.26 Å². The van der Waals surface area contributed by atoms with Crippen LogP contribution in [0, 0.1) is 29.1 Å². The van der Waals surface area contributed by atoms with E-state index < -0.39 is 0 Å². The number of nitrogens with one attached hydrogen (secondary N) is 1. The molecule has 3 heteroatoms. The van der Waals surface area contributed by atoms with Crippen molar-refractivity contribution in [2.45, 2.75) is 25.7 Å². The van der Waals surface area contributed by atoms with E-state index in [1.165, 1.54) is 25.7 Å². The Balaban J connectivity index is 1.60. The van der Waals surface area contributed by atoms with Gasteiger partial charge in [-0.1, -0.05) is 6.07 Å². The van der Waals surface area contributed by atoms with E-state index in [1.807, 2.05) is 12.1 Å². The number of hydrogen-bond acceptors (Lipinski definition) is 3. The van der Waals surface area contributed by atoms with Crippen molar-refractivity contribution in [3.8, 4) is 6.07 Å². The van der Waals surface area contributed by atoms with E-state index in [1.54, 1.807) is 6.07 Å². The van der Waals surface area contributed by atoms with Crippen LogP contribution < -0.4 is 5.32 Å². The molecule has 0 saturated heterocycles. The van der Waals surface area contributed by atoms with Gasteiger partial charge in [-0.25, -0.2) is 4.98 Å². The lowest BCUT2D eigenvalue weighted by atomic mass is 9.98. The van der Waals surface area contributed by atoms with Gasteiger partial charge in [0, 0.05) is 6.54 Å². The van der Waals surface area contributed by atoms with Crippen LogP contribution in [0.5, 0.6) is 0 Å². The van der Waals surface area contributed by atoms with Crippen LogP contribution in [-0.2, 0) is 0 Å². The summed E-state index contributed by atoms with van der Waals surface area (Å²) in [6, 6.07) is 7.64. The number of anilines is 1. The Morgan fingerprint density at radius 1 is 1.29 bits per heavy atom. The van der Waals surface area contributed by atoms with E-state index >= 15 is 0 Å². The molecule has 88 valence electrons. The predicted octanol–water partition coefficient (Wildman–Crippen LogP) is 2.80. The van der Waals surface area contributed by atoms with Crippen molar-refractivity contribution in [2.75, 3.05) is 11.9 Å². The number of nitriles is 1. The van der Waals surface area contributed by atoms with Crippen molar-refractivity contribution in [1.29, 1.82) is 5.26 Å². The molecule has 17 heavy (non-hydrogen) atoms. The fraction of sp³-hybridized carbons (Fsp3) is 0.571. The third kappa shape index (κ3) is 2.58. The van der Waals surface area contributed by atoms with Crippen LogP contribution >= 0.6 is 0 Å². The molecule has 0 bridgehead atoms. The Hall–Kier alpha value is -1.56. The van der Waals surface area contributed by atoms with E-state index in [0.717, 1.165) is 30.1 Å². The first-order valence-electron chi connectivity index (χ1n) is 6.48. The Morgan fingerprint density at radius 3 is 2.59 bits per heavy atom. The maximum atomic E-state index is 8.80. The summed E-state index contributed by atoms with van der Waals surface area (Å²) >= 11 is 0. The lowest BCUT2D eigenvalue weighted by Crippen LogP contribution is -2.18. The highest BCUT2D eigenvalue weighted by molar-refractivity contribution is 5.38. The smallest absolute Gasteiger partial charge is 0.142 e. The topological polar surface area (TPSA) is 48.7 Å². The van der Waals surface area contributed by atoms with E-state index in [0.29, 0.717) is 5.69 Å². The second-order valence-corrected chi connectivity index (χ2v) is 5.24. The molecule has 3 rings (SSSR count). The summed E-state index contributed by atoms with van der Waals surface area (Å²) in [4.78, 5) is 4.25. The maximum Gasteiger partial charge on any atom is 0.142 e. The molecule has 0 amide bonds. The number of nitrogens with zero attached hydrogens (tertiary/aromatic N) is 2. The number of hydrogen-bond donors (Lipinski definition) is 1. The van der Waals surface area contributed by atoms with Crippen molar-refractivity contribution in [3.63, 3.8) is 0 Å². The summed E-state index contributed by atoms with van der Waals surface area (Å²) in [7, 11) is 0. The molecule has 0 aromatic carbocycles. The lowest BCUT2D eigenvalue weighted by Gasteiger charge is -2.16. The minimum absolute atomic E-state index is 0.490. The molecule has 3 nitrogen and oxygen atoms in total. The monoisotopic (exact) mass is 227 g/mol. The quantitative estimate of drug-likeness (QED) is 0.841. The first-order chi connectivity index (χ1) is 8.36. The van der Waals surface area contributed by atoms with Crippen LogP contribution in [0.15, 0.2) is 18.2 Å². The first-order valence-corrected chi connectivity index (χ1v) is 6.48. The average Bonchev–Trinajstić information content (AvgIpc) is 3.22. The zero-order valence-corrected chi connectivity index (χ0v) is 9.89. The molecule has 1 heterocycles. The third-order valence-electron chi connectivity index (χ3n) is 3.84. The Labute approximate surface area is 102 Å². The van der Waals surface area contributed by atoms with Crippen molar-refractivity contribution < 1.29 is 0 Å². The van der Waals surface area contributed by atoms with Gasteiger partial charge in [0.05, 0.1) is 0 Å². The van der Waals surface area contributed by atoms with E-state index in [4.69, 9.17) is 5.26 Å². The molecule has 0 aliphatic heterocycles. The molecule has 0 spiro atoms. The van der Waals surface area contributed by atoms with Crippen LogP contribution in [-0.4, -0.2) is 11.5 Å². The lowest BCUT2D eigenvalue weighted by molar-refractivity contribution is 0.427. The second-order valence-electron chi connectivity index (χ2n) is 5.24. The summed E-state index contributed by atoms with van der Waals surface area (Å²) in [6.45, 7) is 1.03. The molecule has 0 unspecified atom stereocenters. The van der Waals surface area contributed by atoms with Gasteiger partial charge < -0.3 is 5.32 Å². The number of aromatic nitrogens is 1. The van der Waals surface area contributed by atoms with Crippen molar-refractivity contribution in [1.82, 2.24) is 4.98 Å². The molecular weight excluding hydrogens is 210 g/mol. The van der Waals surface area contributed by atoms with Gasteiger partial charge in [-0.15, -0.1) is 0 Å². The summed E-state index contributed by atoms with van der Waals surface area (Å²) in [5.74, 6) is 3.58. The molecular formula is C14H17N3. The standard InChI is InChI=1S/C14H17N3/c15-8-12-2-1-3-14(17-12)16-9-13(10-4-5-10)11-6-7-11/h1-3,10-11,13H,4-7,9H2,(H,16,17). The van der Waals surface area contributed by atoms with Gasteiger partial charge in [0.2, 0.25) is 0 Å². The Kier molecular flexibility index (Phi) is 2.72. The average molecular weight is 227 g/mol. The second kappa shape index (κ2) is 4.37. The zero-order chi connectivity index (χ0) is 11.7. The van der Waals surface area contributed by atoms with Gasteiger partial charge in [-0.05, 0) is 55.6 Å². The molecule has 0 radical (unpaired) electrons. The maximum absolute atomic E-state index is 8.80. The largest absolute Gasteiger partial charge is 0.370 e. The first kappa shape index (κ1) is 10.6. The molecule has 2 aliphatic rings. The summed E-state index contributed by atoms with van der Waals surface area (Å²) < 4.78 is 0. The van der Waals surface area contributed by atoms with Crippen molar-refractivity contribution in [3.05, 3.63) is 23.9 Å². The van der Waals surface area contributed by atoms with Gasteiger partial charge in [0.25, 0.3) is 0 Å². The summed E-state index contributed by atoms with van der Waals surface area (Å²) in [5.41, 5.74) is 0.490. The fourth-order valence-electron chi connectivity index (χ4n) is 2.58. The van der Waals surface area contributed by atoms with Gasteiger partial charge in [0.15, 0.2) is 0 Å². The van der Waals surface area contributed by atoms with Crippen molar-refractivity contribution in [2.24, 2.45) is 17.8 Å². The van der Waals surface area contributed by atoms with Gasteiger partial charge in [0.1, 0.15) is 17.6 Å². The summed E-state index contributed by atoms with van der Waals surface area (Å²) in [6.07, 6.45) is 5.64. The van der Waals surface area contributed by atoms with E-state index in [2.05, 4.69) is 16.4 Å². The van der Waals surface area contributed by atoms with E-state index in [-0.39, 0.29) is 0 Å². The van der Waals surface area contributed by atoms with Gasteiger partial charge in [-0.3, -0.25) is 0 Å². The predicted molar refractivity (Wildman–Crippen MR) is 66.4 cm³/mol. The Morgan fingerprint density at radius 2 is 2.00 bits per heavy atom. The SMILES string of the molecule is N#Cc1cccc(NCC(C2CC2)C2CC2)n1. The van der Waals surface area contributed by atoms with Crippen LogP contribution in [0.3, 0.4) is 0 Å². The van der Waals surface area contributed by atoms with Crippen LogP contribution in [0.25, 0.3) is 0 Å². The minimum atomic E-state index is 0.490.